The summed E-state index contributed by atoms with van der Waals surface area (Å²) in [5, 5.41) is 2.97. The molecule has 0 saturated carbocycles. The van der Waals surface area contributed by atoms with Crippen molar-refractivity contribution in [2.45, 2.75) is 17.7 Å². The van der Waals surface area contributed by atoms with Gasteiger partial charge in [-0.15, -0.1) is 0 Å². The number of hydrogen-bond acceptors (Lipinski definition) is 5. The lowest BCUT2D eigenvalue weighted by Crippen LogP contribution is -2.25. The average molecular weight is 316 g/mol. The van der Waals surface area contributed by atoms with E-state index in [1.807, 2.05) is 7.05 Å². The monoisotopic (exact) mass is 316 g/mol. The molecule has 0 spiro atoms. The minimum Gasteiger partial charge on any atom is -0.492 e. The van der Waals surface area contributed by atoms with Gasteiger partial charge in [-0.2, -0.15) is 0 Å². The molecule has 0 heterocycles. The highest BCUT2D eigenvalue weighted by Gasteiger charge is 2.12. The molecular formula is C14H24N2O4S. The molecule has 0 radical (unpaired) electrons. The van der Waals surface area contributed by atoms with Gasteiger partial charge >= 0.3 is 0 Å². The summed E-state index contributed by atoms with van der Waals surface area (Å²) < 4.78 is 37.0. The molecule has 120 valence electrons. The largest absolute Gasteiger partial charge is 0.492 e. The van der Waals surface area contributed by atoms with Crippen molar-refractivity contribution in [1.82, 2.24) is 10.0 Å². The number of rotatable bonds is 11. The fourth-order valence-corrected chi connectivity index (χ4v) is 2.72. The van der Waals surface area contributed by atoms with Crippen LogP contribution in [0.4, 0.5) is 0 Å². The van der Waals surface area contributed by atoms with Crippen molar-refractivity contribution in [3.05, 3.63) is 24.3 Å². The van der Waals surface area contributed by atoms with Crippen molar-refractivity contribution < 1.29 is 17.9 Å². The molecule has 1 rings (SSSR count). The van der Waals surface area contributed by atoms with Gasteiger partial charge in [0.15, 0.2) is 0 Å². The highest BCUT2D eigenvalue weighted by atomic mass is 32.2. The van der Waals surface area contributed by atoms with Gasteiger partial charge in [-0.3, -0.25) is 0 Å². The van der Waals surface area contributed by atoms with E-state index in [1.54, 1.807) is 31.4 Å². The molecule has 0 saturated heterocycles. The van der Waals surface area contributed by atoms with Gasteiger partial charge < -0.3 is 14.8 Å². The Balaban J connectivity index is 2.47. The molecule has 1 aromatic carbocycles. The van der Waals surface area contributed by atoms with Crippen LogP contribution < -0.4 is 14.8 Å². The summed E-state index contributed by atoms with van der Waals surface area (Å²) in [5.74, 6) is 0.657. The predicted octanol–water partition coefficient (Wildman–Crippen LogP) is 0.990. The Morgan fingerprint density at radius 1 is 1.05 bits per heavy atom. The zero-order valence-electron chi connectivity index (χ0n) is 12.6. The van der Waals surface area contributed by atoms with Gasteiger partial charge in [0.2, 0.25) is 10.0 Å². The quantitative estimate of drug-likeness (QED) is 0.595. The minimum atomic E-state index is -3.45. The highest BCUT2D eigenvalue weighted by Crippen LogP contribution is 2.15. The lowest BCUT2D eigenvalue weighted by atomic mass is 10.3. The third-order valence-electron chi connectivity index (χ3n) is 2.82. The van der Waals surface area contributed by atoms with Gasteiger partial charge in [-0.1, -0.05) is 0 Å². The molecule has 0 unspecified atom stereocenters. The van der Waals surface area contributed by atoms with Crippen LogP contribution >= 0.6 is 0 Å². The third kappa shape index (κ3) is 6.90. The Bertz CT molecular complexity index is 488. The second kappa shape index (κ2) is 9.73. The molecule has 0 amide bonds. The van der Waals surface area contributed by atoms with Gasteiger partial charge in [-0.25, -0.2) is 13.1 Å². The summed E-state index contributed by atoms with van der Waals surface area (Å²) in [6.45, 7) is 2.33. The van der Waals surface area contributed by atoms with Crippen LogP contribution in [0.2, 0.25) is 0 Å². The molecule has 0 atom stereocenters. The smallest absolute Gasteiger partial charge is 0.240 e. The van der Waals surface area contributed by atoms with Gasteiger partial charge in [0.1, 0.15) is 12.4 Å². The first-order valence-electron chi connectivity index (χ1n) is 6.96. The molecule has 21 heavy (non-hydrogen) atoms. The van der Waals surface area contributed by atoms with Crippen molar-refractivity contribution in [3.63, 3.8) is 0 Å². The summed E-state index contributed by atoms with van der Waals surface area (Å²) in [6.07, 6.45) is 1.58. The second-order valence-corrected chi connectivity index (χ2v) is 6.29. The highest BCUT2D eigenvalue weighted by molar-refractivity contribution is 7.89. The fourth-order valence-electron chi connectivity index (χ4n) is 1.65. The topological polar surface area (TPSA) is 76.7 Å². The molecule has 0 aliphatic carbocycles. The average Bonchev–Trinajstić information content (AvgIpc) is 2.48. The van der Waals surface area contributed by atoms with E-state index in [9.17, 15) is 8.42 Å². The Kier molecular flexibility index (Phi) is 8.29. The molecule has 6 nitrogen and oxygen atoms in total. The molecule has 0 aliphatic rings. The van der Waals surface area contributed by atoms with E-state index in [1.165, 1.54) is 0 Å². The van der Waals surface area contributed by atoms with Crippen molar-refractivity contribution in [1.29, 1.82) is 0 Å². The van der Waals surface area contributed by atoms with Crippen LogP contribution in [0.3, 0.4) is 0 Å². The number of benzene rings is 1. The van der Waals surface area contributed by atoms with E-state index in [2.05, 4.69) is 10.0 Å². The maximum absolute atomic E-state index is 12.0. The van der Waals surface area contributed by atoms with Crippen LogP contribution in [0.1, 0.15) is 12.8 Å². The number of methoxy groups -OCH3 is 1. The lowest BCUT2D eigenvalue weighted by Gasteiger charge is -2.09. The molecule has 7 heteroatoms. The lowest BCUT2D eigenvalue weighted by molar-refractivity contribution is 0.193. The molecule has 0 fully saturated rings. The summed E-state index contributed by atoms with van der Waals surface area (Å²) in [5.41, 5.74) is 0. The minimum absolute atomic E-state index is 0.246. The van der Waals surface area contributed by atoms with Gasteiger partial charge in [0.25, 0.3) is 0 Å². The summed E-state index contributed by atoms with van der Waals surface area (Å²) in [7, 11) is 0.0258. The fraction of sp³-hybridized carbons (Fsp3) is 0.571. The maximum atomic E-state index is 12.0. The number of nitrogens with one attached hydrogen (secondary N) is 2. The zero-order chi connectivity index (χ0) is 15.6. The summed E-state index contributed by atoms with van der Waals surface area (Å²) in [6, 6.07) is 6.42. The zero-order valence-corrected chi connectivity index (χ0v) is 13.4. The van der Waals surface area contributed by atoms with E-state index in [0.29, 0.717) is 25.5 Å². The van der Waals surface area contributed by atoms with Crippen LogP contribution in [0.15, 0.2) is 29.2 Å². The van der Waals surface area contributed by atoms with Gasteiger partial charge in [0.05, 0.1) is 4.90 Å². The first-order chi connectivity index (χ1) is 10.1. The van der Waals surface area contributed by atoms with Crippen LogP contribution in [0.5, 0.6) is 5.75 Å². The van der Waals surface area contributed by atoms with E-state index in [4.69, 9.17) is 9.47 Å². The predicted molar refractivity (Wildman–Crippen MR) is 82.2 cm³/mol. The van der Waals surface area contributed by atoms with Crippen LogP contribution in [0.25, 0.3) is 0 Å². The first kappa shape index (κ1) is 17.9. The van der Waals surface area contributed by atoms with Crippen LogP contribution in [-0.2, 0) is 14.8 Å². The summed E-state index contributed by atoms with van der Waals surface area (Å²) in [4.78, 5) is 0.246. The van der Waals surface area contributed by atoms with Crippen molar-refractivity contribution >= 4 is 10.0 Å². The molecule has 0 bridgehead atoms. The second-order valence-electron chi connectivity index (χ2n) is 4.52. The number of hydrogen-bond donors (Lipinski definition) is 2. The number of ether oxygens (including phenoxy) is 2. The molecule has 0 aromatic heterocycles. The van der Waals surface area contributed by atoms with Gasteiger partial charge in [0, 0.05) is 26.8 Å². The number of likely N-dealkylation sites (N-methyl/N-ethyl adjacent to an activating group) is 1. The molecular weight excluding hydrogens is 292 g/mol. The first-order valence-corrected chi connectivity index (χ1v) is 8.44. The van der Waals surface area contributed by atoms with E-state index >= 15 is 0 Å². The molecule has 2 N–H and O–H groups in total. The Labute approximate surface area is 126 Å². The summed E-state index contributed by atoms with van der Waals surface area (Å²) >= 11 is 0. The molecule has 0 aliphatic heterocycles. The van der Waals surface area contributed by atoms with Crippen molar-refractivity contribution in [2.24, 2.45) is 0 Å². The third-order valence-corrected chi connectivity index (χ3v) is 4.30. The number of unbranched alkanes of at least 4 members (excludes halogenated alkanes) is 1. The standard InChI is InChI=1S/C14H24N2O4S/c1-15-10-12-20-13-5-7-14(8-6-13)21(17,18)16-9-3-4-11-19-2/h5-8,15-16H,3-4,9-12H2,1-2H3. The van der Waals surface area contributed by atoms with Gasteiger partial charge in [-0.05, 0) is 44.2 Å². The number of sulfonamides is 1. The Hall–Kier alpha value is -1.15. The normalized spacial score (nSPS) is 11.5. The van der Waals surface area contributed by atoms with E-state index < -0.39 is 10.0 Å². The van der Waals surface area contributed by atoms with E-state index in [0.717, 1.165) is 19.4 Å². The van der Waals surface area contributed by atoms with Crippen LogP contribution in [0, 0.1) is 0 Å². The molecule has 1 aromatic rings. The van der Waals surface area contributed by atoms with Crippen molar-refractivity contribution in [3.8, 4) is 5.75 Å². The maximum Gasteiger partial charge on any atom is 0.240 e. The SMILES string of the molecule is CNCCOc1ccc(S(=O)(=O)NCCCCOC)cc1. The van der Waals surface area contributed by atoms with Crippen LogP contribution in [-0.4, -0.2) is 48.9 Å². The Morgan fingerprint density at radius 3 is 2.38 bits per heavy atom. The van der Waals surface area contributed by atoms with E-state index in [-0.39, 0.29) is 4.90 Å². The Morgan fingerprint density at radius 2 is 1.76 bits per heavy atom. The van der Waals surface area contributed by atoms with Crippen molar-refractivity contribution in [2.75, 3.05) is 40.5 Å².